The maximum absolute atomic E-state index is 12.6. The smallest absolute Gasteiger partial charge is 0.258 e. The Morgan fingerprint density at radius 1 is 0.969 bits per heavy atom. The van der Waals surface area contributed by atoms with E-state index in [0.717, 1.165) is 16.8 Å². The van der Waals surface area contributed by atoms with Crippen LogP contribution in [-0.4, -0.2) is 15.9 Å². The number of carbonyl (C=O) groups is 1. The summed E-state index contributed by atoms with van der Waals surface area (Å²) in [4.78, 5) is 32.0. The summed E-state index contributed by atoms with van der Waals surface area (Å²) in [5, 5.41) is 12.0. The molecule has 4 rings (SSSR count). The van der Waals surface area contributed by atoms with E-state index in [2.05, 4.69) is 25.5 Å². The van der Waals surface area contributed by atoms with Gasteiger partial charge in [-0.1, -0.05) is 35.9 Å². The maximum atomic E-state index is 12.6. The van der Waals surface area contributed by atoms with Gasteiger partial charge in [0, 0.05) is 12.8 Å². The molecule has 32 heavy (non-hydrogen) atoms. The van der Waals surface area contributed by atoms with Crippen molar-refractivity contribution in [3.8, 4) is 0 Å². The molecule has 0 spiro atoms. The van der Waals surface area contributed by atoms with Gasteiger partial charge in [-0.15, -0.1) is 5.11 Å². The fourth-order valence-electron chi connectivity index (χ4n) is 3.25. The van der Waals surface area contributed by atoms with E-state index in [4.69, 9.17) is 0 Å². The topological polar surface area (TPSA) is 99.6 Å². The summed E-state index contributed by atoms with van der Waals surface area (Å²) in [5.74, 6) is 0.281. The molecule has 0 saturated heterocycles. The van der Waals surface area contributed by atoms with E-state index >= 15 is 0 Å². The first kappa shape index (κ1) is 21.1. The number of H-pyrrole nitrogens is 1. The highest BCUT2D eigenvalue weighted by Crippen LogP contribution is 2.28. The minimum absolute atomic E-state index is 0.170. The molecular formula is C25H23N5O2. The number of hydrogen-bond donors (Lipinski definition) is 2. The number of rotatable bonds is 6. The van der Waals surface area contributed by atoms with Gasteiger partial charge in [-0.25, -0.2) is 4.98 Å². The van der Waals surface area contributed by atoms with E-state index < -0.39 is 0 Å². The molecule has 0 aliphatic carbocycles. The first-order chi connectivity index (χ1) is 15.5. The van der Waals surface area contributed by atoms with Crippen LogP contribution in [0.2, 0.25) is 0 Å². The minimum atomic E-state index is -0.205. The second-order valence-corrected chi connectivity index (χ2v) is 7.63. The normalized spacial score (nSPS) is 11.2. The Morgan fingerprint density at radius 3 is 2.53 bits per heavy atom. The highest BCUT2D eigenvalue weighted by atomic mass is 16.1. The maximum Gasteiger partial charge on any atom is 0.258 e. The van der Waals surface area contributed by atoms with Gasteiger partial charge in [-0.3, -0.25) is 9.59 Å². The molecule has 3 aromatic carbocycles. The average molecular weight is 425 g/mol. The average Bonchev–Trinajstić information content (AvgIpc) is 2.79. The number of aromatic amines is 1. The van der Waals surface area contributed by atoms with E-state index in [1.165, 1.54) is 0 Å². The predicted molar refractivity (Wildman–Crippen MR) is 126 cm³/mol. The number of carbonyl (C=O) groups excluding carboxylic acids is 1. The highest BCUT2D eigenvalue weighted by molar-refractivity contribution is 5.93. The SMILES string of the molecule is Cc1ccc(N=Nc2cc(C)ccc2NC(=O)CCc2nc3ccccc3c(=O)[nH]2)cc1. The largest absolute Gasteiger partial charge is 0.324 e. The van der Waals surface area contributed by atoms with Crippen LogP contribution in [0.1, 0.15) is 23.4 Å². The Bertz CT molecular complexity index is 1360. The Balaban J connectivity index is 1.46. The fraction of sp³-hybridized carbons (Fsp3) is 0.160. The molecule has 1 aromatic heterocycles. The Morgan fingerprint density at radius 2 is 1.72 bits per heavy atom. The summed E-state index contributed by atoms with van der Waals surface area (Å²) >= 11 is 0. The minimum Gasteiger partial charge on any atom is -0.324 e. The van der Waals surface area contributed by atoms with Crippen LogP contribution < -0.4 is 10.9 Å². The van der Waals surface area contributed by atoms with Gasteiger partial charge in [-0.05, 0) is 55.8 Å². The van der Waals surface area contributed by atoms with Crippen molar-refractivity contribution in [3.05, 3.63) is 94.0 Å². The van der Waals surface area contributed by atoms with Crippen LogP contribution in [0.25, 0.3) is 10.9 Å². The van der Waals surface area contributed by atoms with E-state index in [9.17, 15) is 9.59 Å². The number of anilines is 1. The molecular weight excluding hydrogens is 402 g/mol. The van der Waals surface area contributed by atoms with Gasteiger partial charge >= 0.3 is 0 Å². The van der Waals surface area contributed by atoms with Gasteiger partial charge in [0.2, 0.25) is 5.91 Å². The summed E-state index contributed by atoms with van der Waals surface area (Å²) in [6.45, 7) is 3.97. The molecule has 7 nitrogen and oxygen atoms in total. The number of aryl methyl sites for hydroxylation is 3. The van der Waals surface area contributed by atoms with Crippen LogP contribution in [0.15, 0.2) is 81.8 Å². The number of nitrogens with one attached hydrogen (secondary N) is 2. The first-order valence-electron chi connectivity index (χ1n) is 10.3. The lowest BCUT2D eigenvalue weighted by atomic mass is 10.2. The third-order valence-corrected chi connectivity index (χ3v) is 4.99. The third kappa shape index (κ3) is 5.13. The second kappa shape index (κ2) is 9.34. The molecule has 0 unspecified atom stereocenters. The van der Waals surface area contributed by atoms with Crippen LogP contribution >= 0.6 is 0 Å². The number of fused-ring (bicyclic) bond motifs is 1. The number of hydrogen-bond acceptors (Lipinski definition) is 5. The van der Waals surface area contributed by atoms with Crippen LogP contribution in [0.4, 0.5) is 17.1 Å². The molecule has 1 heterocycles. The van der Waals surface area contributed by atoms with E-state index in [0.29, 0.717) is 34.5 Å². The van der Waals surface area contributed by atoms with Gasteiger partial charge in [0.1, 0.15) is 11.5 Å². The van der Waals surface area contributed by atoms with Crippen molar-refractivity contribution >= 4 is 33.9 Å². The molecule has 2 N–H and O–H groups in total. The molecule has 0 radical (unpaired) electrons. The predicted octanol–water partition coefficient (Wildman–Crippen LogP) is 5.53. The van der Waals surface area contributed by atoms with Crippen molar-refractivity contribution in [2.24, 2.45) is 10.2 Å². The van der Waals surface area contributed by atoms with Crippen molar-refractivity contribution in [1.82, 2.24) is 9.97 Å². The van der Waals surface area contributed by atoms with Crippen molar-refractivity contribution in [3.63, 3.8) is 0 Å². The standard InChI is InChI=1S/C25H23N5O2/c1-16-7-10-18(11-8-16)29-30-22-15-17(2)9-12-21(22)27-24(31)14-13-23-26-20-6-4-3-5-19(20)25(32)28-23/h3-12,15H,13-14H2,1-2H3,(H,27,31)(H,26,28,32). The highest BCUT2D eigenvalue weighted by Gasteiger charge is 2.10. The molecule has 0 aliphatic heterocycles. The summed E-state index contributed by atoms with van der Waals surface area (Å²) in [5.41, 5.74) is 4.47. The zero-order valence-electron chi connectivity index (χ0n) is 17.9. The molecule has 7 heteroatoms. The second-order valence-electron chi connectivity index (χ2n) is 7.63. The molecule has 0 saturated carbocycles. The lowest BCUT2D eigenvalue weighted by Gasteiger charge is -2.09. The number of benzene rings is 3. The fourth-order valence-corrected chi connectivity index (χ4v) is 3.25. The molecule has 0 bridgehead atoms. The summed E-state index contributed by atoms with van der Waals surface area (Å²) in [6, 6.07) is 20.4. The van der Waals surface area contributed by atoms with Gasteiger partial charge in [0.15, 0.2) is 0 Å². The van der Waals surface area contributed by atoms with Crippen molar-refractivity contribution in [2.45, 2.75) is 26.7 Å². The van der Waals surface area contributed by atoms with Gasteiger partial charge in [0.05, 0.1) is 22.3 Å². The molecule has 160 valence electrons. The Labute approximate surface area is 185 Å². The number of para-hydroxylation sites is 1. The molecule has 1 amide bonds. The summed E-state index contributed by atoms with van der Waals surface area (Å²) in [7, 11) is 0. The van der Waals surface area contributed by atoms with Crippen molar-refractivity contribution in [2.75, 3.05) is 5.32 Å². The lowest BCUT2D eigenvalue weighted by molar-refractivity contribution is -0.116. The first-order valence-corrected chi connectivity index (χ1v) is 10.3. The number of nitrogens with zero attached hydrogens (tertiary/aromatic N) is 3. The third-order valence-electron chi connectivity index (χ3n) is 4.99. The summed E-state index contributed by atoms with van der Waals surface area (Å²) in [6.07, 6.45) is 0.488. The summed E-state index contributed by atoms with van der Waals surface area (Å²) < 4.78 is 0. The van der Waals surface area contributed by atoms with Crippen LogP contribution in [0.3, 0.4) is 0 Å². The number of amides is 1. The van der Waals surface area contributed by atoms with E-state index in [1.54, 1.807) is 18.2 Å². The Hall–Kier alpha value is -4.13. The number of aromatic nitrogens is 2. The van der Waals surface area contributed by atoms with Crippen molar-refractivity contribution < 1.29 is 4.79 Å². The lowest BCUT2D eigenvalue weighted by Crippen LogP contribution is -2.16. The number of azo groups is 1. The van der Waals surface area contributed by atoms with Gasteiger partial charge in [-0.2, -0.15) is 5.11 Å². The van der Waals surface area contributed by atoms with Gasteiger partial charge < -0.3 is 10.3 Å². The zero-order chi connectivity index (χ0) is 22.5. The van der Waals surface area contributed by atoms with Crippen LogP contribution in [-0.2, 0) is 11.2 Å². The van der Waals surface area contributed by atoms with Crippen LogP contribution in [0.5, 0.6) is 0 Å². The van der Waals surface area contributed by atoms with Crippen LogP contribution in [0, 0.1) is 13.8 Å². The van der Waals surface area contributed by atoms with Crippen molar-refractivity contribution in [1.29, 1.82) is 0 Å². The quantitative estimate of drug-likeness (QED) is 0.397. The zero-order valence-corrected chi connectivity index (χ0v) is 17.9. The molecule has 4 aromatic rings. The molecule has 0 fully saturated rings. The molecule has 0 aliphatic rings. The molecule has 0 atom stereocenters. The van der Waals surface area contributed by atoms with Gasteiger partial charge in [0.25, 0.3) is 5.56 Å². The van der Waals surface area contributed by atoms with E-state index in [-0.39, 0.29) is 17.9 Å². The monoisotopic (exact) mass is 425 g/mol. The van der Waals surface area contributed by atoms with E-state index in [1.807, 2.05) is 62.4 Å². The Kier molecular flexibility index (Phi) is 6.17.